The van der Waals surface area contributed by atoms with Crippen LogP contribution >= 0.6 is 0 Å². The average molecular weight is 669 g/mol. The van der Waals surface area contributed by atoms with Crippen molar-refractivity contribution in [1.82, 2.24) is 20.7 Å². The van der Waals surface area contributed by atoms with Gasteiger partial charge >= 0.3 is 18.2 Å². The van der Waals surface area contributed by atoms with Crippen LogP contribution in [0.5, 0.6) is 5.75 Å². The molecule has 5 rings (SSSR count). The van der Waals surface area contributed by atoms with Gasteiger partial charge in [-0.05, 0) is 48.9 Å². The molecule has 12 nitrogen and oxygen atoms in total. The molecule has 1 aliphatic rings. The van der Waals surface area contributed by atoms with Crippen molar-refractivity contribution in [2.45, 2.75) is 32.4 Å². The number of carboxylic acids is 1. The molecule has 0 saturated carbocycles. The van der Waals surface area contributed by atoms with Crippen LogP contribution in [0, 0.1) is 12.8 Å². The number of hydrogen-bond donors (Lipinski definition) is 4. The average Bonchev–Trinajstić information content (AvgIpc) is 3.50. The molecule has 1 aromatic heterocycles. The molecule has 0 unspecified atom stereocenters. The minimum atomic E-state index is -5.08. The third kappa shape index (κ3) is 9.42. The van der Waals surface area contributed by atoms with E-state index in [1.165, 1.54) is 4.90 Å². The lowest BCUT2D eigenvalue weighted by molar-refractivity contribution is -0.192. The number of aryl methyl sites for hydroxylation is 1. The fraction of sp³-hybridized carbons (Fsp3) is 0.242. The molecule has 3 amide bonds. The number of carbonyl (C=O) groups excluding carboxylic acids is 3. The SMILES string of the molecule is Cc1cc(COc2ccc(C(=O)N[C@@H]3CN(C(=O)OCc4ccccc4)C[C@@H]3C(=O)NO)cc2)c2ccccc2n1.O=C(O)C(F)(F)F. The molecule has 4 aromatic rings. The lowest BCUT2D eigenvalue weighted by Crippen LogP contribution is -2.45. The van der Waals surface area contributed by atoms with Crippen LogP contribution in [0.3, 0.4) is 0 Å². The first kappa shape index (κ1) is 35.2. The second-order valence-electron chi connectivity index (χ2n) is 10.7. The van der Waals surface area contributed by atoms with E-state index in [0.29, 0.717) is 17.9 Å². The summed E-state index contributed by atoms with van der Waals surface area (Å²) in [6.07, 6.45) is -5.69. The topological polar surface area (TPSA) is 167 Å². The number of carbonyl (C=O) groups is 4. The van der Waals surface area contributed by atoms with Crippen molar-refractivity contribution in [3.8, 4) is 5.75 Å². The zero-order valence-electron chi connectivity index (χ0n) is 25.4. The van der Waals surface area contributed by atoms with E-state index in [-0.39, 0.29) is 19.7 Å². The summed E-state index contributed by atoms with van der Waals surface area (Å²) in [5.74, 6) is -4.14. The van der Waals surface area contributed by atoms with E-state index in [1.54, 1.807) is 29.7 Å². The highest BCUT2D eigenvalue weighted by atomic mass is 19.4. The van der Waals surface area contributed by atoms with E-state index in [0.717, 1.165) is 27.7 Å². The van der Waals surface area contributed by atoms with Crippen LogP contribution in [0.25, 0.3) is 10.9 Å². The van der Waals surface area contributed by atoms with E-state index in [1.807, 2.05) is 67.6 Å². The standard InChI is InChI=1S/C31H30N4O6.C2HF3O2/c1-20-15-23(25-9-5-6-10-27(25)32-20)19-40-24-13-11-22(12-14-24)29(36)33-28-17-35(16-26(28)30(37)34-39)31(38)41-18-21-7-3-2-4-8-21;3-2(4,5)1(6)7/h2-15,26,28,39H,16-19H2,1H3,(H,33,36)(H,34,37);(H,6,7)/t26-,28+;/m0./s1. The van der Waals surface area contributed by atoms with Crippen LogP contribution in [0.15, 0.2) is 84.9 Å². The highest BCUT2D eigenvalue weighted by Gasteiger charge is 2.41. The Bertz CT molecular complexity index is 1750. The molecule has 0 radical (unpaired) electrons. The minimum absolute atomic E-state index is 0.0130. The first-order chi connectivity index (χ1) is 22.8. The van der Waals surface area contributed by atoms with Crippen LogP contribution in [-0.4, -0.2) is 69.4 Å². The second kappa shape index (κ2) is 15.7. The number of aliphatic carboxylic acids is 1. The number of aromatic nitrogens is 1. The quantitative estimate of drug-likeness (QED) is 0.155. The fourth-order valence-electron chi connectivity index (χ4n) is 4.89. The number of hydrogen-bond acceptors (Lipinski definition) is 8. The number of ether oxygens (including phenoxy) is 2. The highest BCUT2D eigenvalue weighted by molar-refractivity contribution is 5.95. The Morgan fingerprint density at radius 3 is 2.23 bits per heavy atom. The summed E-state index contributed by atoms with van der Waals surface area (Å²) in [4.78, 5) is 52.8. The van der Waals surface area contributed by atoms with Gasteiger partial charge in [0, 0.05) is 35.3 Å². The summed E-state index contributed by atoms with van der Waals surface area (Å²) in [6.45, 7) is 2.40. The Kier molecular flexibility index (Phi) is 11.5. The van der Waals surface area contributed by atoms with E-state index in [9.17, 15) is 32.8 Å². The maximum Gasteiger partial charge on any atom is 0.490 e. The number of fused-ring (bicyclic) bond motifs is 1. The molecule has 0 aliphatic carbocycles. The number of halogens is 3. The molecule has 48 heavy (non-hydrogen) atoms. The van der Waals surface area contributed by atoms with E-state index in [4.69, 9.17) is 19.4 Å². The molecular formula is C33H31F3N4O8. The minimum Gasteiger partial charge on any atom is -0.489 e. The predicted octanol–water partition coefficient (Wildman–Crippen LogP) is 4.63. The number of carboxylic acid groups (broad SMARTS) is 1. The van der Waals surface area contributed by atoms with Gasteiger partial charge < -0.3 is 24.8 Å². The van der Waals surface area contributed by atoms with Gasteiger partial charge in [-0.15, -0.1) is 0 Å². The smallest absolute Gasteiger partial charge is 0.489 e. The number of pyridine rings is 1. The fourth-order valence-corrected chi connectivity index (χ4v) is 4.89. The number of likely N-dealkylation sites (tertiary alicyclic amines) is 1. The van der Waals surface area contributed by atoms with Crippen molar-refractivity contribution in [1.29, 1.82) is 0 Å². The van der Waals surface area contributed by atoms with Crippen molar-refractivity contribution in [3.63, 3.8) is 0 Å². The normalized spacial score (nSPS) is 15.6. The summed E-state index contributed by atoms with van der Waals surface area (Å²) in [7, 11) is 0. The number of para-hydroxylation sites is 1. The van der Waals surface area contributed by atoms with E-state index < -0.39 is 42.0 Å². The van der Waals surface area contributed by atoms with Gasteiger partial charge in [-0.1, -0.05) is 48.5 Å². The maximum atomic E-state index is 13.0. The Morgan fingerprint density at radius 1 is 0.938 bits per heavy atom. The summed E-state index contributed by atoms with van der Waals surface area (Å²) in [5, 5.41) is 20.2. The van der Waals surface area contributed by atoms with Gasteiger partial charge in [-0.25, -0.2) is 15.1 Å². The molecule has 252 valence electrons. The molecule has 4 N–H and O–H groups in total. The first-order valence-corrected chi connectivity index (χ1v) is 14.4. The van der Waals surface area contributed by atoms with E-state index >= 15 is 0 Å². The zero-order valence-corrected chi connectivity index (χ0v) is 25.4. The number of amides is 3. The molecule has 15 heteroatoms. The summed E-state index contributed by atoms with van der Waals surface area (Å²) in [6, 6.07) is 25.0. The summed E-state index contributed by atoms with van der Waals surface area (Å²) < 4.78 is 43.1. The van der Waals surface area contributed by atoms with Crippen LogP contribution in [0.4, 0.5) is 18.0 Å². The number of alkyl halides is 3. The van der Waals surface area contributed by atoms with Gasteiger partial charge in [-0.3, -0.25) is 19.8 Å². The molecule has 2 heterocycles. The van der Waals surface area contributed by atoms with E-state index in [2.05, 4.69) is 10.3 Å². The van der Waals surface area contributed by atoms with Gasteiger partial charge in [0.1, 0.15) is 19.0 Å². The Hall–Kier alpha value is -5.70. The molecule has 0 spiro atoms. The van der Waals surface area contributed by atoms with Gasteiger partial charge in [0.15, 0.2) is 0 Å². The summed E-state index contributed by atoms with van der Waals surface area (Å²) in [5.41, 5.74) is 5.62. The number of rotatable bonds is 8. The third-order valence-electron chi connectivity index (χ3n) is 7.23. The van der Waals surface area contributed by atoms with Crippen molar-refractivity contribution >= 4 is 34.8 Å². The van der Waals surface area contributed by atoms with Crippen LogP contribution in [0.1, 0.15) is 27.2 Å². The molecule has 0 bridgehead atoms. The molecule has 2 atom stereocenters. The van der Waals surface area contributed by atoms with Crippen molar-refractivity contribution in [3.05, 3.63) is 107 Å². The second-order valence-corrected chi connectivity index (χ2v) is 10.7. The molecule has 1 saturated heterocycles. The highest BCUT2D eigenvalue weighted by Crippen LogP contribution is 2.23. The van der Waals surface area contributed by atoms with Gasteiger partial charge in [0.05, 0.1) is 17.5 Å². The maximum absolute atomic E-state index is 13.0. The number of benzene rings is 3. The Balaban J connectivity index is 0.000000671. The van der Waals surface area contributed by atoms with Crippen molar-refractivity contribution < 1.29 is 52.1 Å². The van der Waals surface area contributed by atoms with Gasteiger partial charge in [-0.2, -0.15) is 13.2 Å². The third-order valence-corrected chi connectivity index (χ3v) is 7.23. The number of hydroxylamine groups is 1. The number of nitrogens with one attached hydrogen (secondary N) is 2. The van der Waals surface area contributed by atoms with Gasteiger partial charge in [0.25, 0.3) is 5.91 Å². The summed E-state index contributed by atoms with van der Waals surface area (Å²) >= 11 is 0. The monoisotopic (exact) mass is 668 g/mol. The largest absolute Gasteiger partial charge is 0.490 e. The molecule has 3 aromatic carbocycles. The lowest BCUT2D eigenvalue weighted by atomic mass is 10.0. The Labute approximate surface area is 272 Å². The van der Waals surface area contributed by atoms with Gasteiger partial charge in [0.2, 0.25) is 5.91 Å². The zero-order chi connectivity index (χ0) is 34.8. The van der Waals surface area contributed by atoms with Crippen LogP contribution in [0.2, 0.25) is 0 Å². The first-order valence-electron chi connectivity index (χ1n) is 14.4. The molecular weight excluding hydrogens is 637 g/mol. The Morgan fingerprint density at radius 2 is 1.58 bits per heavy atom. The van der Waals surface area contributed by atoms with Crippen molar-refractivity contribution in [2.75, 3.05) is 13.1 Å². The molecule has 1 fully saturated rings. The van der Waals surface area contributed by atoms with Crippen molar-refractivity contribution in [2.24, 2.45) is 5.92 Å². The number of nitrogens with zero attached hydrogens (tertiary/aromatic N) is 2. The van der Waals surface area contributed by atoms with Crippen LogP contribution < -0.4 is 15.5 Å². The van der Waals surface area contributed by atoms with Crippen LogP contribution in [-0.2, 0) is 27.5 Å². The predicted molar refractivity (Wildman–Crippen MR) is 164 cm³/mol. The molecule has 1 aliphatic heterocycles. The lowest BCUT2D eigenvalue weighted by Gasteiger charge is -2.18.